The van der Waals surface area contributed by atoms with Crippen molar-refractivity contribution < 1.29 is 4.74 Å². The Labute approximate surface area is 195 Å². The van der Waals surface area contributed by atoms with E-state index in [1.807, 2.05) is 11.8 Å². The van der Waals surface area contributed by atoms with Crippen molar-refractivity contribution in [2.45, 2.75) is 24.0 Å². The van der Waals surface area contributed by atoms with Gasteiger partial charge in [-0.25, -0.2) is 0 Å². The highest BCUT2D eigenvalue weighted by Crippen LogP contribution is 2.50. The van der Waals surface area contributed by atoms with Gasteiger partial charge in [0.25, 0.3) is 0 Å². The normalized spacial score (nSPS) is 12.8. The van der Waals surface area contributed by atoms with Crippen LogP contribution in [0.2, 0.25) is 0 Å². The summed E-state index contributed by atoms with van der Waals surface area (Å²) in [5, 5.41) is 0. The summed E-state index contributed by atoms with van der Waals surface area (Å²) in [6.07, 6.45) is 0. The topological polar surface area (TPSA) is 35.2 Å². The monoisotopic (exact) mass is 439 g/mol. The van der Waals surface area contributed by atoms with E-state index in [4.69, 9.17) is 10.5 Å². The molecule has 0 saturated carbocycles. The summed E-state index contributed by atoms with van der Waals surface area (Å²) in [6, 6.07) is 36.8. The van der Waals surface area contributed by atoms with E-state index >= 15 is 0 Å². The summed E-state index contributed by atoms with van der Waals surface area (Å²) in [4.78, 5) is 0. The van der Waals surface area contributed by atoms with Crippen LogP contribution >= 0.6 is 11.8 Å². The highest BCUT2D eigenvalue weighted by Gasteiger charge is 2.37. The third-order valence-corrected chi connectivity index (χ3v) is 7.44. The summed E-state index contributed by atoms with van der Waals surface area (Å²) in [6.45, 7) is 2.69. The molecule has 1 atom stereocenters. The molecule has 2 nitrogen and oxygen atoms in total. The van der Waals surface area contributed by atoms with Gasteiger partial charge in [0, 0.05) is 12.3 Å². The number of benzene rings is 4. The van der Waals surface area contributed by atoms with Gasteiger partial charge in [-0.3, -0.25) is 0 Å². The molecule has 4 rings (SSSR count). The minimum absolute atomic E-state index is 0.361. The third-order valence-electron chi connectivity index (χ3n) is 5.82. The fourth-order valence-corrected chi connectivity index (χ4v) is 5.55. The van der Waals surface area contributed by atoms with Crippen LogP contribution in [-0.2, 0) is 17.0 Å². The zero-order valence-electron chi connectivity index (χ0n) is 18.6. The highest BCUT2D eigenvalue weighted by atomic mass is 32.2. The third kappa shape index (κ3) is 4.59. The molecule has 4 aromatic carbocycles. The van der Waals surface area contributed by atoms with Crippen LogP contribution in [0.15, 0.2) is 103 Å². The second-order valence-corrected chi connectivity index (χ2v) is 9.14. The van der Waals surface area contributed by atoms with Crippen LogP contribution in [0.25, 0.3) is 0 Å². The first-order chi connectivity index (χ1) is 15.7. The van der Waals surface area contributed by atoms with E-state index in [-0.39, 0.29) is 4.75 Å². The first-order valence-electron chi connectivity index (χ1n) is 10.8. The molecule has 0 radical (unpaired) electrons. The predicted molar refractivity (Wildman–Crippen MR) is 136 cm³/mol. The minimum Gasteiger partial charge on any atom is -0.497 e. The molecule has 0 amide bonds. The van der Waals surface area contributed by atoms with Gasteiger partial charge < -0.3 is 10.5 Å². The Morgan fingerprint density at radius 2 is 1.31 bits per heavy atom. The van der Waals surface area contributed by atoms with E-state index < -0.39 is 0 Å². The summed E-state index contributed by atoms with van der Waals surface area (Å²) in [5.41, 5.74) is 13.3. The van der Waals surface area contributed by atoms with Gasteiger partial charge in [-0.1, -0.05) is 96.6 Å². The molecule has 0 heterocycles. The van der Waals surface area contributed by atoms with Crippen LogP contribution in [0.4, 0.5) is 0 Å². The van der Waals surface area contributed by atoms with E-state index in [0.717, 1.165) is 17.1 Å². The lowest BCUT2D eigenvalue weighted by Gasteiger charge is -2.36. The second kappa shape index (κ2) is 10.1. The molecule has 0 spiro atoms. The first-order valence-corrected chi connectivity index (χ1v) is 11.8. The lowest BCUT2D eigenvalue weighted by atomic mass is 9.83. The fraction of sp³-hybridized carbons (Fsp3) is 0.172. The van der Waals surface area contributed by atoms with Crippen molar-refractivity contribution in [3.63, 3.8) is 0 Å². The van der Waals surface area contributed by atoms with Crippen molar-refractivity contribution in [2.24, 2.45) is 5.73 Å². The number of ether oxygens (including phenoxy) is 1. The number of rotatable bonds is 8. The van der Waals surface area contributed by atoms with Crippen molar-refractivity contribution >= 4 is 11.8 Å². The van der Waals surface area contributed by atoms with Gasteiger partial charge in [-0.05, 0) is 46.9 Å². The maximum Gasteiger partial charge on any atom is 0.118 e. The molecule has 0 aromatic heterocycles. The van der Waals surface area contributed by atoms with Crippen molar-refractivity contribution in [2.75, 3.05) is 7.11 Å². The quantitative estimate of drug-likeness (QED) is 0.311. The van der Waals surface area contributed by atoms with Gasteiger partial charge in [0.05, 0.1) is 11.9 Å². The number of hydrogen-bond donors (Lipinski definition) is 1. The average molecular weight is 440 g/mol. The summed E-state index contributed by atoms with van der Waals surface area (Å²) < 4.78 is 5.08. The van der Waals surface area contributed by atoms with E-state index in [1.54, 1.807) is 7.11 Å². The lowest BCUT2D eigenvalue weighted by Crippen LogP contribution is -2.26. The number of hydrogen-bond acceptors (Lipinski definition) is 3. The Kier molecular flexibility index (Phi) is 6.99. The average Bonchev–Trinajstić information content (AvgIpc) is 2.86. The zero-order chi connectivity index (χ0) is 22.4. The molecule has 3 heteroatoms. The number of nitrogens with two attached hydrogens (primary N) is 1. The maximum atomic E-state index is 5.90. The first kappa shape index (κ1) is 22.2. The van der Waals surface area contributed by atoms with Crippen molar-refractivity contribution in [3.05, 3.63) is 137 Å². The SMILES string of the molecule is COc1ccc(C(SCc2cccc(CN)c2)(c2ccccc2)c2ccc(C)cc2)cc1. The molecule has 0 saturated heterocycles. The van der Waals surface area contributed by atoms with Gasteiger partial charge in [0.2, 0.25) is 0 Å². The van der Waals surface area contributed by atoms with Gasteiger partial charge >= 0.3 is 0 Å². The molecule has 162 valence electrons. The van der Waals surface area contributed by atoms with Crippen LogP contribution in [0.1, 0.15) is 33.4 Å². The molecule has 0 aliphatic heterocycles. The smallest absolute Gasteiger partial charge is 0.118 e. The lowest BCUT2D eigenvalue weighted by molar-refractivity contribution is 0.414. The van der Waals surface area contributed by atoms with E-state index in [2.05, 4.69) is 110 Å². The van der Waals surface area contributed by atoms with Gasteiger partial charge in [-0.2, -0.15) is 0 Å². The Morgan fingerprint density at radius 3 is 1.94 bits per heavy atom. The van der Waals surface area contributed by atoms with Crippen molar-refractivity contribution in [3.8, 4) is 5.75 Å². The molecule has 0 aliphatic carbocycles. The molecular formula is C29H29NOS. The molecule has 4 aromatic rings. The summed E-state index contributed by atoms with van der Waals surface area (Å²) in [7, 11) is 1.71. The Bertz CT molecular complexity index is 1140. The van der Waals surface area contributed by atoms with Crippen molar-refractivity contribution in [1.82, 2.24) is 0 Å². The van der Waals surface area contributed by atoms with E-state index in [1.165, 1.54) is 27.8 Å². The van der Waals surface area contributed by atoms with Crippen LogP contribution in [-0.4, -0.2) is 7.11 Å². The zero-order valence-corrected chi connectivity index (χ0v) is 19.4. The Morgan fingerprint density at radius 1 is 0.719 bits per heavy atom. The van der Waals surface area contributed by atoms with Gasteiger partial charge in [0.15, 0.2) is 0 Å². The van der Waals surface area contributed by atoms with Crippen LogP contribution in [0.5, 0.6) is 5.75 Å². The Balaban J connectivity index is 1.87. The van der Waals surface area contributed by atoms with E-state index in [9.17, 15) is 0 Å². The minimum atomic E-state index is -0.361. The fourth-order valence-electron chi connectivity index (χ4n) is 4.07. The van der Waals surface area contributed by atoms with Crippen LogP contribution in [0.3, 0.4) is 0 Å². The molecule has 0 bridgehead atoms. The van der Waals surface area contributed by atoms with Gasteiger partial charge in [-0.15, -0.1) is 11.8 Å². The molecule has 0 aliphatic rings. The Hall–Kier alpha value is -3.01. The molecule has 32 heavy (non-hydrogen) atoms. The molecule has 0 fully saturated rings. The summed E-state index contributed by atoms with van der Waals surface area (Å²) in [5.74, 6) is 1.73. The van der Waals surface area contributed by atoms with Crippen LogP contribution in [0, 0.1) is 6.92 Å². The number of aryl methyl sites for hydroxylation is 1. The molecule has 2 N–H and O–H groups in total. The largest absolute Gasteiger partial charge is 0.497 e. The second-order valence-electron chi connectivity index (χ2n) is 7.95. The predicted octanol–water partition coefficient (Wildman–Crippen LogP) is 6.69. The standard InChI is InChI=1S/C29H29NOS/c1-22-11-13-26(14-12-22)29(25-9-4-3-5-10-25,27-15-17-28(31-2)18-16-27)32-21-24-8-6-7-23(19-24)20-30/h3-19H,20-21,30H2,1-2H3. The van der Waals surface area contributed by atoms with Crippen molar-refractivity contribution in [1.29, 1.82) is 0 Å². The van der Waals surface area contributed by atoms with Crippen LogP contribution < -0.4 is 10.5 Å². The maximum absolute atomic E-state index is 5.90. The summed E-state index contributed by atoms with van der Waals surface area (Å²) >= 11 is 1.94. The molecular weight excluding hydrogens is 410 g/mol. The number of thioether (sulfide) groups is 1. The van der Waals surface area contributed by atoms with E-state index in [0.29, 0.717) is 6.54 Å². The molecule has 1 unspecified atom stereocenters. The highest BCUT2D eigenvalue weighted by molar-refractivity contribution is 7.99. The number of methoxy groups -OCH3 is 1. The van der Waals surface area contributed by atoms with Gasteiger partial charge in [0.1, 0.15) is 5.75 Å².